The van der Waals surface area contributed by atoms with Crippen LogP contribution in [-0.2, 0) is 13.0 Å². The average molecular weight is 504 g/mol. The zero-order valence-corrected chi connectivity index (χ0v) is 22.0. The van der Waals surface area contributed by atoms with Crippen molar-refractivity contribution < 1.29 is 0 Å². The molecule has 1 unspecified atom stereocenters. The molecular formula is C33H37N5. The number of imidazole rings is 1. The van der Waals surface area contributed by atoms with Crippen LogP contribution < -0.4 is 5.32 Å². The Bertz CT molecular complexity index is 1250. The van der Waals surface area contributed by atoms with Crippen molar-refractivity contribution in [2.75, 3.05) is 32.7 Å². The van der Waals surface area contributed by atoms with Crippen molar-refractivity contribution in [3.05, 3.63) is 125 Å². The van der Waals surface area contributed by atoms with Crippen LogP contribution in [0.25, 0.3) is 0 Å². The molecule has 194 valence electrons. The van der Waals surface area contributed by atoms with Crippen LogP contribution >= 0.6 is 0 Å². The van der Waals surface area contributed by atoms with E-state index in [0.29, 0.717) is 17.4 Å². The van der Waals surface area contributed by atoms with E-state index in [2.05, 4.69) is 86.5 Å². The lowest BCUT2D eigenvalue weighted by Crippen LogP contribution is -2.41. The van der Waals surface area contributed by atoms with Gasteiger partial charge in [-0.2, -0.15) is 5.26 Å². The van der Waals surface area contributed by atoms with Gasteiger partial charge in [-0.1, -0.05) is 72.8 Å². The van der Waals surface area contributed by atoms with Crippen LogP contribution in [0.3, 0.4) is 0 Å². The van der Waals surface area contributed by atoms with Gasteiger partial charge >= 0.3 is 0 Å². The summed E-state index contributed by atoms with van der Waals surface area (Å²) in [6, 6.07) is 31.9. The van der Waals surface area contributed by atoms with Crippen molar-refractivity contribution in [3.8, 4) is 6.07 Å². The van der Waals surface area contributed by atoms with Crippen LogP contribution in [0.1, 0.15) is 46.7 Å². The molecule has 2 heterocycles. The van der Waals surface area contributed by atoms with Crippen molar-refractivity contribution in [1.82, 2.24) is 19.8 Å². The normalized spacial score (nSPS) is 15.9. The van der Waals surface area contributed by atoms with E-state index in [9.17, 15) is 0 Å². The summed E-state index contributed by atoms with van der Waals surface area (Å²) in [6.07, 6.45) is 7.39. The topological polar surface area (TPSA) is 56.9 Å². The molecule has 1 fully saturated rings. The molecule has 1 aliphatic heterocycles. The fourth-order valence-corrected chi connectivity index (χ4v) is 5.62. The minimum atomic E-state index is 0.403. The van der Waals surface area contributed by atoms with Gasteiger partial charge in [-0.25, -0.2) is 4.98 Å². The van der Waals surface area contributed by atoms with Gasteiger partial charge in [0.15, 0.2) is 0 Å². The Kier molecular flexibility index (Phi) is 8.99. The lowest BCUT2D eigenvalue weighted by atomic mass is 9.89. The summed E-state index contributed by atoms with van der Waals surface area (Å²) in [5.41, 5.74) is 5.91. The summed E-state index contributed by atoms with van der Waals surface area (Å²) in [6.45, 7) is 6.19. The second kappa shape index (κ2) is 13.2. The number of piperidine rings is 1. The Morgan fingerprint density at radius 1 is 0.947 bits per heavy atom. The van der Waals surface area contributed by atoms with E-state index in [0.717, 1.165) is 39.1 Å². The molecule has 0 saturated carbocycles. The second-order valence-electron chi connectivity index (χ2n) is 10.4. The molecule has 0 bridgehead atoms. The van der Waals surface area contributed by atoms with Gasteiger partial charge in [-0.05, 0) is 60.7 Å². The summed E-state index contributed by atoms with van der Waals surface area (Å²) in [4.78, 5) is 7.06. The van der Waals surface area contributed by atoms with Crippen molar-refractivity contribution in [2.45, 2.75) is 31.7 Å². The minimum Gasteiger partial charge on any atom is -0.330 e. The van der Waals surface area contributed by atoms with E-state index in [-0.39, 0.29) is 0 Å². The van der Waals surface area contributed by atoms with Gasteiger partial charge in [0.25, 0.3) is 0 Å². The highest BCUT2D eigenvalue weighted by Gasteiger charge is 2.24. The van der Waals surface area contributed by atoms with E-state index >= 15 is 0 Å². The standard InChI is InChI=1S/C33H37N5/c34-20-27-13-15-28(16-14-27)24-38-26-36-22-32(38)17-18-35-21-29-8-7-19-37(23-29)25-33(30-9-3-1-4-10-30)31-11-5-2-6-12-31/h1-6,9-16,22,26,29,33,35H,7-8,17-19,21,23-25H2. The van der Waals surface area contributed by atoms with Crippen molar-refractivity contribution in [3.63, 3.8) is 0 Å². The first kappa shape index (κ1) is 25.9. The first-order valence-corrected chi connectivity index (χ1v) is 13.8. The van der Waals surface area contributed by atoms with Gasteiger partial charge in [-0.3, -0.25) is 0 Å². The van der Waals surface area contributed by atoms with Crippen molar-refractivity contribution >= 4 is 0 Å². The minimum absolute atomic E-state index is 0.403. The zero-order valence-electron chi connectivity index (χ0n) is 22.0. The Morgan fingerprint density at radius 2 is 1.66 bits per heavy atom. The molecule has 4 aromatic rings. The Labute approximate surface area is 226 Å². The number of aromatic nitrogens is 2. The molecule has 0 spiro atoms. The maximum atomic E-state index is 9.02. The van der Waals surface area contributed by atoms with Crippen LogP contribution in [0, 0.1) is 17.2 Å². The van der Waals surface area contributed by atoms with Crippen LogP contribution in [0.2, 0.25) is 0 Å². The molecule has 5 heteroatoms. The molecule has 3 aromatic carbocycles. The highest BCUT2D eigenvalue weighted by molar-refractivity contribution is 5.33. The molecule has 5 nitrogen and oxygen atoms in total. The summed E-state index contributed by atoms with van der Waals surface area (Å²) in [5, 5.41) is 12.7. The molecule has 0 radical (unpaired) electrons. The van der Waals surface area contributed by atoms with E-state index in [1.54, 1.807) is 0 Å². The third-order valence-corrected chi connectivity index (χ3v) is 7.67. The fourth-order valence-electron chi connectivity index (χ4n) is 5.62. The molecule has 38 heavy (non-hydrogen) atoms. The van der Waals surface area contributed by atoms with Gasteiger partial charge in [0.2, 0.25) is 0 Å². The number of likely N-dealkylation sites (tertiary alicyclic amines) is 1. The molecule has 1 atom stereocenters. The average Bonchev–Trinajstić information content (AvgIpc) is 3.42. The van der Waals surface area contributed by atoms with Crippen molar-refractivity contribution in [1.29, 1.82) is 5.26 Å². The molecule has 5 rings (SSSR count). The van der Waals surface area contributed by atoms with Crippen LogP contribution in [0.4, 0.5) is 0 Å². The maximum Gasteiger partial charge on any atom is 0.0991 e. The Hall–Kier alpha value is -3.72. The van der Waals surface area contributed by atoms with E-state index in [1.807, 2.05) is 36.8 Å². The van der Waals surface area contributed by atoms with Gasteiger partial charge in [-0.15, -0.1) is 0 Å². The summed E-state index contributed by atoms with van der Waals surface area (Å²) >= 11 is 0. The molecule has 1 aliphatic rings. The fraction of sp³-hybridized carbons (Fsp3) is 0.333. The largest absolute Gasteiger partial charge is 0.330 e. The number of hydrogen-bond donors (Lipinski definition) is 1. The van der Waals surface area contributed by atoms with Crippen LogP contribution in [-0.4, -0.2) is 47.2 Å². The predicted octanol–water partition coefficient (Wildman–Crippen LogP) is 5.48. The van der Waals surface area contributed by atoms with E-state index in [1.165, 1.54) is 41.8 Å². The van der Waals surface area contributed by atoms with Gasteiger partial charge in [0.05, 0.1) is 18.0 Å². The Balaban J connectivity index is 1.11. The maximum absolute atomic E-state index is 9.02. The zero-order chi connectivity index (χ0) is 26.0. The number of nitrogens with zero attached hydrogens (tertiary/aromatic N) is 4. The molecule has 1 aromatic heterocycles. The smallest absolute Gasteiger partial charge is 0.0991 e. The number of rotatable bonds is 11. The highest BCUT2D eigenvalue weighted by Crippen LogP contribution is 2.27. The molecule has 1 saturated heterocycles. The third kappa shape index (κ3) is 6.98. The van der Waals surface area contributed by atoms with E-state index < -0.39 is 0 Å². The van der Waals surface area contributed by atoms with Crippen molar-refractivity contribution in [2.24, 2.45) is 5.92 Å². The number of benzene rings is 3. The SMILES string of the molecule is N#Cc1ccc(Cn2cncc2CCNCC2CCCN(CC(c3ccccc3)c3ccccc3)C2)cc1. The quantitative estimate of drug-likeness (QED) is 0.276. The Morgan fingerprint density at radius 3 is 2.34 bits per heavy atom. The van der Waals surface area contributed by atoms with Crippen LogP contribution in [0.15, 0.2) is 97.5 Å². The van der Waals surface area contributed by atoms with Gasteiger partial charge < -0.3 is 14.8 Å². The lowest BCUT2D eigenvalue weighted by Gasteiger charge is -2.35. The third-order valence-electron chi connectivity index (χ3n) is 7.67. The molecule has 1 N–H and O–H groups in total. The first-order valence-electron chi connectivity index (χ1n) is 13.8. The second-order valence-corrected chi connectivity index (χ2v) is 10.4. The van der Waals surface area contributed by atoms with Gasteiger partial charge in [0.1, 0.15) is 0 Å². The molecule has 0 amide bonds. The highest BCUT2D eigenvalue weighted by atomic mass is 15.1. The lowest BCUT2D eigenvalue weighted by molar-refractivity contribution is 0.168. The summed E-state index contributed by atoms with van der Waals surface area (Å²) in [5.74, 6) is 1.08. The summed E-state index contributed by atoms with van der Waals surface area (Å²) < 4.78 is 2.21. The van der Waals surface area contributed by atoms with Gasteiger partial charge in [0, 0.05) is 50.4 Å². The first-order chi connectivity index (χ1) is 18.8. The van der Waals surface area contributed by atoms with Crippen LogP contribution in [0.5, 0.6) is 0 Å². The summed E-state index contributed by atoms with van der Waals surface area (Å²) in [7, 11) is 0. The van der Waals surface area contributed by atoms with E-state index in [4.69, 9.17) is 5.26 Å². The number of nitrogens with one attached hydrogen (secondary N) is 1. The number of nitriles is 1. The monoisotopic (exact) mass is 503 g/mol. The molecular weight excluding hydrogens is 466 g/mol. The molecule has 0 aliphatic carbocycles. The number of hydrogen-bond acceptors (Lipinski definition) is 4. The predicted molar refractivity (Wildman–Crippen MR) is 153 cm³/mol.